The Balaban J connectivity index is 1.25. The Bertz CT molecular complexity index is 725. The molecule has 0 radical (unpaired) electrons. The summed E-state index contributed by atoms with van der Waals surface area (Å²) in [6, 6.07) is 8.86. The maximum absolute atomic E-state index is 5.39. The van der Waals surface area contributed by atoms with Crippen LogP contribution in [0.25, 0.3) is 0 Å². The molecule has 0 N–H and O–H groups in total. The van der Waals surface area contributed by atoms with Crippen LogP contribution < -0.4 is 4.90 Å². The largest absolute Gasteiger partial charge is 0.378 e. The highest BCUT2D eigenvalue weighted by molar-refractivity contribution is 8.00. The minimum Gasteiger partial charge on any atom is -0.378 e. The number of hydrogen-bond donors (Lipinski definition) is 0. The van der Waals surface area contributed by atoms with Crippen LogP contribution in [0.4, 0.5) is 5.95 Å². The summed E-state index contributed by atoms with van der Waals surface area (Å²) in [5.41, 5.74) is 2.55. The average Bonchev–Trinajstić information content (AvgIpc) is 2.71. The first kappa shape index (κ1) is 18.7. The summed E-state index contributed by atoms with van der Waals surface area (Å²) < 4.78 is 5.39. The first-order valence-corrected chi connectivity index (χ1v) is 10.7. The molecular formula is C21H28N4OS. The van der Waals surface area contributed by atoms with Crippen LogP contribution in [-0.4, -0.2) is 59.5 Å². The van der Waals surface area contributed by atoms with E-state index in [-0.39, 0.29) is 0 Å². The van der Waals surface area contributed by atoms with Crippen molar-refractivity contribution in [2.75, 3.05) is 44.3 Å². The Morgan fingerprint density at radius 3 is 2.52 bits per heavy atom. The summed E-state index contributed by atoms with van der Waals surface area (Å²) in [6.07, 6.45) is 6.47. The molecule has 0 bridgehead atoms. The van der Waals surface area contributed by atoms with Gasteiger partial charge in [-0.1, -0.05) is 17.7 Å². The summed E-state index contributed by atoms with van der Waals surface area (Å²) >= 11 is 2.04. The Morgan fingerprint density at radius 1 is 1.07 bits per heavy atom. The van der Waals surface area contributed by atoms with E-state index >= 15 is 0 Å². The van der Waals surface area contributed by atoms with E-state index in [1.54, 1.807) is 0 Å². The van der Waals surface area contributed by atoms with E-state index < -0.39 is 0 Å². The van der Waals surface area contributed by atoms with Gasteiger partial charge in [-0.25, -0.2) is 9.97 Å². The van der Waals surface area contributed by atoms with Crippen molar-refractivity contribution >= 4 is 17.7 Å². The molecule has 2 aliphatic heterocycles. The molecule has 6 heteroatoms. The lowest BCUT2D eigenvalue weighted by atomic mass is 10.1. The van der Waals surface area contributed by atoms with Crippen LogP contribution in [0, 0.1) is 6.92 Å². The zero-order valence-electron chi connectivity index (χ0n) is 16.0. The minimum atomic E-state index is 0.725. The monoisotopic (exact) mass is 384 g/mol. The molecule has 1 aromatic heterocycles. The first-order valence-electron chi connectivity index (χ1n) is 9.85. The van der Waals surface area contributed by atoms with E-state index in [1.165, 1.54) is 28.9 Å². The summed E-state index contributed by atoms with van der Waals surface area (Å²) in [7, 11) is 0. The Hall–Kier alpha value is -1.63. The first-order chi connectivity index (χ1) is 13.3. The molecule has 1 aromatic carbocycles. The predicted molar refractivity (Wildman–Crippen MR) is 110 cm³/mol. The van der Waals surface area contributed by atoms with Crippen LogP contribution in [0.1, 0.15) is 24.0 Å². The number of aryl methyl sites for hydroxylation is 1. The fraction of sp³-hybridized carbons (Fsp3) is 0.524. The molecule has 27 heavy (non-hydrogen) atoms. The lowest BCUT2D eigenvalue weighted by molar-refractivity contribution is 0.122. The average molecular weight is 385 g/mol. The fourth-order valence-corrected chi connectivity index (χ4v) is 4.92. The van der Waals surface area contributed by atoms with Crippen molar-refractivity contribution in [3.8, 4) is 0 Å². The lowest BCUT2D eigenvalue weighted by Crippen LogP contribution is -2.37. The number of piperidine rings is 1. The second-order valence-electron chi connectivity index (χ2n) is 7.40. The number of morpholine rings is 1. The van der Waals surface area contributed by atoms with Crippen LogP contribution in [0.5, 0.6) is 0 Å². The van der Waals surface area contributed by atoms with Crippen molar-refractivity contribution in [3.63, 3.8) is 0 Å². The number of benzene rings is 1. The molecular weight excluding hydrogens is 356 g/mol. The van der Waals surface area contributed by atoms with Gasteiger partial charge in [-0.05, 0) is 45.0 Å². The van der Waals surface area contributed by atoms with Gasteiger partial charge in [0.2, 0.25) is 5.95 Å². The molecule has 4 rings (SSSR count). The van der Waals surface area contributed by atoms with Crippen molar-refractivity contribution in [3.05, 3.63) is 47.8 Å². The van der Waals surface area contributed by atoms with Gasteiger partial charge in [0.05, 0.1) is 13.2 Å². The molecule has 0 unspecified atom stereocenters. The van der Waals surface area contributed by atoms with Crippen molar-refractivity contribution < 1.29 is 4.74 Å². The van der Waals surface area contributed by atoms with Crippen LogP contribution in [0.15, 0.2) is 41.6 Å². The fourth-order valence-electron chi connectivity index (χ4n) is 3.68. The number of ether oxygens (including phenoxy) is 1. The molecule has 5 nitrogen and oxygen atoms in total. The predicted octanol–water partition coefficient (Wildman–Crippen LogP) is 3.38. The highest BCUT2D eigenvalue weighted by Crippen LogP contribution is 2.31. The molecule has 0 atom stereocenters. The summed E-state index contributed by atoms with van der Waals surface area (Å²) in [4.78, 5) is 15.3. The molecule has 144 valence electrons. The van der Waals surface area contributed by atoms with Gasteiger partial charge in [-0.15, -0.1) is 11.8 Å². The zero-order chi connectivity index (χ0) is 18.5. The van der Waals surface area contributed by atoms with Crippen molar-refractivity contribution in [1.82, 2.24) is 14.9 Å². The van der Waals surface area contributed by atoms with E-state index in [0.29, 0.717) is 0 Å². The third-order valence-corrected chi connectivity index (χ3v) is 6.55. The second kappa shape index (κ2) is 9.04. The van der Waals surface area contributed by atoms with E-state index in [2.05, 4.69) is 51.0 Å². The topological polar surface area (TPSA) is 41.5 Å². The maximum Gasteiger partial charge on any atom is 0.225 e. The smallest absolute Gasteiger partial charge is 0.225 e. The van der Waals surface area contributed by atoms with Gasteiger partial charge in [0.15, 0.2) is 0 Å². The van der Waals surface area contributed by atoms with Gasteiger partial charge < -0.3 is 9.64 Å². The van der Waals surface area contributed by atoms with Crippen LogP contribution in [-0.2, 0) is 11.3 Å². The molecule has 0 spiro atoms. The van der Waals surface area contributed by atoms with E-state index in [9.17, 15) is 0 Å². The van der Waals surface area contributed by atoms with E-state index in [1.807, 2.05) is 24.2 Å². The van der Waals surface area contributed by atoms with Gasteiger partial charge in [-0.3, -0.25) is 4.90 Å². The minimum absolute atomic E-state index is 0.725. The highest BCUT2D eigenvalue weighted by atomic mass is 32.2. The Morgan fingerprint density at radius 2 is 1.81 bits per heavy atom. The number of thioether (sulfide) groups is 1. The van der Waals surface area contributed by atoms with Crippen LogP contribution in [0.3, 0.4) is 0 Å². The van der Waals surface area contributed by atoms with Gasteiger partial charge >= 0.3 is 0 Å². The summed E-state index contributed by atoms with van der Waals surface area (Å²) in [5, 5.41) is 0.725. The Kier molecular flexibility index (Phi) is 6.27. The molecule has 2 aromatic rings. The highest BCUT2D eigenvalue weighted by Gasteiger charge is 2.20. The second-order valence-corrected chi connectivity index (χ2v) is 8.77. The van der Waals surface area contributed by atoms with Crippen molar-refractivity contribution in [1.29, 1.82) is 0 Å². The number of rotatable bonds is 5. The van der Waals surface area contributed by atoms with Gasteiger partial charge in [-0.2, -0.15) is 0 Å². The standard InChI is InChI=1S/C21H28N4OS/c1-17-3-2-4-20(13-17)27-19-5-7-24(8-6-19)16-18-14-22-21(23-15-18)25-9-11-26-12-10-25/h2-4,13-15,19H,5-12,16H2,1H3. The zero-order valence-corrected chi connectivity index (χ0v) is 16.8. The van der Waals surface area contributed by atoms with Crippen LogP contribution in [0.2, 0.25) is 0 Å². The number of likely N-dealkylation sites (tertiary alicyclic amines) is 1. The molecule has 0 amide bonds. The van der Waals surface area contributed by atoms with Gasteiger partial charge in [0.25, 0.3) is 0 Å². The summed E-state index contributed by atoms with van der Waals surface area (Å²) in [5.74, 6) is 0.829. The van der Waals surface area contributed by atoms with Gasteiger partial charge in [0.1, 0.15) is 0 Å². The number of nitrogens with zero attached hydrogens (tertiary/aromatic N) is 4. The maximum atomic E-state index is 5.39. The van der Waals surface area contributed by atoms with Crippen molar-refractivity contribution in [2.45, 2.75) is 36.5 Å². The SMILES string of the molecule is Cc1cccc(SC2CCN(Cc3cnc(N4CCOCC4)nc3)CC2)c1. The molecule has 3 heterocycles. The Labute approximate surface area is 166 Å². The normalized spacial score (nSPS) is 19.4. The van der Waals surface area contributed by atoms with Gasteiger partial charge in [0, 0.05) is 47.7 Å². The van der Waals surface area contributed by atoms with Crippen molar-refractivity contribution in [2.24, 2.45) is 0 Å². The van der Waals surface area contributed by atoms with Crippen LogP contribution >= 0.6 is 11.8 Å². The molecule has 2 saturated heterocycles. The summed E-state index contributed by atoms with van der Waals surface area (Å²) in [6.45, 7) is 8.70. The third kappa shape index (κ3) is 5.21. The van der Waals surface area contributed by atoms with E-state index in [0.717, 1.165) is 57.1 Å². The third-order valence-electron chi connectivity index (χ3n) is 5.22. The lowest BCUT2D eigenvalue weighted by Gasteiger charge is -2.31. The molecule has 0 saturated carbocycles. The number of anilines is 1. The quantitative estimate of drug-likeness (QED) is 0.787. The number of hydrogen-bond acceptors (Lipinski definition) is 6. The molecule has 2 fully saturated rings. The van der Waals surface area contributed by atoms with E-state index in [4.69, 9.17) is 4.74 Å². The number of aromatic nitrogens is 2. The molecule has 2 aliphatic rings. The molecule has 0 aliphatic carbocycles.